The van der Waals surface area contributed by atoms with Gasteiger partial charge in [0.2, 0.25) is 0 Å². The van der Waals surface area contributed by atoms with Crippen LogP contribution in [-0.4, -0.2) is 36.1 Å². The minimum Gasteiger partial charge on any atom is -0.481 e. The summed E-state index contributed by atoms with van der Waals surface area (Å²) >= 11 is 3.22. The molecule has 1 atom stereocenters. The number of rotatable bonds is 5. The lowest BCUT2D eigenvalue weighted by atomic mass is 10.2. The highest BCUT2D eigenvalue weighted by Crippen LogP contribution is 2.05. The Morgan fingerprint density at radius 2 is 2.25 bits per heavy atom. The van der Waals surface area contributed by atoms with Crippen molar-refractivity contribution >= 4 is 21.9 Å². The zero-order chi connectivity index (χ0) is 9.72. The summed E-state index contributed by atoms with van der Waals surface area (Å²) in [6.07, 6.45) is 0. The van der Waals surface area contributed by atoms with Crippen LogP contribution in [0.15, 0.2) is 11.1 Å². The third kappa shape index (κ3) is 5.32. The summed E-state index contributed by atoms with van der Waals surface area (Å²) in [4.78, 5) is 12.4. The van der Waals surface area contributed by atoms with E-state index in [-0.39, 0.29) is 5.92 Å². The van der Waals surface area contributed by atoms with Crippen molar-refractivity contribution < 1.29 is 9.90 Å². The molecule has 0 radical (unpaired) electrons. The summed E-state index contributed by atoms with van der Waals surface area (Å²) in [7, 11) is 1.87. The van der Waals surface area contributed by atoms with Crippen LogP contribution in [0.2, 0.25) is 0 Å². The second-order valence-electron chi connectivity index (χ2n) is 2.95. The van der Waals surface area contributed by atoms with Crippen molar-refractivity contribution in [2.24, 2.45) is 5.92 Å². The molecule has 12 heavy (non-hydrogen) atoms. The second-order valence-corrected chi connectivity index (χ2v) is 4.07. The van der Waals surface area contributed by atoms with Gasteiger partial charge in [-0.2, -0.15) is 0 Å². The van der Waals surface area contributed by atoms with E-state index in [0.717, 1.165) is 4.48 Å². The van der Waals surface area contributed by atoms with E-state index in [0.29, 0.717) is 13.1 Å². The normalized spacial score (nSPS) is 13.0. The van der Waals surface area contributed by atoms with Gasteiger partial charge >= 0.3 is 5.97 Å². The molecule has 0 heterocycles. The van der Waals surface area contributed by atoms with E-state index < -0.39 is 5.97 Å². The molecule has 0 rings (SSSR count). The minimum absolute atomic E-state index is 0.332. The molecule has 0 aromatic rings. The molecule has 4 heteroatoms. The quantitative estimate of drug-likeness (QED) is 0.787. The average molecular weight is 236 g/mol. The Morgan fingerprint density at radius 3 is 2.58 bits per heavy atom. The summed E-state index contributed by atoms with van der Waals surface area (Å²) in [5.41, 5.74) is 0. The number of carbonyl (C=O) groups is 1. The van der Waals surface area contributed by atoms with Crippen LogP contribution in [0.1, 0.15) is 6.92 Å². The lowest BCUT2D eigenvalue weighted by molar-refractivity contribution is -0.141. The molecule has 3 nitrogen and oxygen atoms in total. The molecule has 1 unspecified atom stereocenters. The van der Waals surface area contributed by atoms with Gasteiger partial charge in [-0.05, 0) is 7.05 Å². The molecule has 0 saturated carbocycles. The standard InChI is InChI=1S/C8H14BrNO2/c1-6(8(11)12)4-10(3)5-7(2)9/h6H,2,4-5H2,1,3H3,(H,11,12). The maximum atomic E-state index is 10.5. The molecular weight excluding hydrogens is 222 g/mol. The third-order valence-corrected chi connectivity index (χ3v) is 1.70. The van der Waals surface area contributed by atoms with Crippen LogP contribution >= 0.6 is 15.9 Å². The molecule has 0 aromatic carbocycles. The van der Waals surface area contributed by atoms with E-state index in [1.807, 2.05) is 11.9 Å². The first-order chi connectivity index (χ1) is 5.43. The molecule has 0 aromatic heterocycles. The van der Waals surface area contributed by atoms with Crippen molar-refractivity contribution in [1.29, 1.82) is 0 Å². The van der Waals surface area contributed by atoms with Crippen molar-refractivity contribution in [3.05, 3.63) is 11.1 Å². The molecular formula is C8H14BrNO2. The Balaban J connectivity index is 3.76. The van der Waals surface area contributed by atoms with E-state index in [2.05, 4.69) is 22.5 Å². The van der Waals surface area contributed by atoms with E-state index in [4.69, 9.17) is 5.11 Å². The predicted molar refractivity (Wildman–Crippen MR) is 52.4 cm³/mol. The Hall–Kier alpha value is -0.350. The highest BCUT2D eigenvalue weighted by molar-refractivity contribution is 9.11. The first-order valence-electron chi connectivity index (χ1n) is 3.68. The summed E-state index contributed by atoms with van der Waals surface area (Å²) in [6.45, 7) is 6.58. The minimum atomic E-state index is -0.762. The van der Waals surface area contributed by atoms with Gasteiger partial charge < -0.3 is 10.0 Å². The molecule has 0 fully saturated rings. The first-order valence-corrected chi connectivity index (χ1v) is 4.47. The smallest absolute Gasteiger partial charge is 0.307 e. The van der Waals surface area contributed by atoms with Gasteiger partial charge in [-0.15, -0.1) is 0 Å². The van der Waals surface area contributed by atoms with E-state index >= 15 is 0 Å². The van der Waals surface area contributed by atoms with Crippen LogP contribution in [0.25, 0.3) is 0 Å². The molecule has 0 saturated heterocycles. The van der Waals surface area contributed by atoms with Crippen LogP contribution in [-0.2, 0) is 4.79 Å². The number of halogens is 1. The first kappa shape index (κ1) is 11.6. The van der Waals surface area contributed by atoms with Crippen molar-refractivity contribution in [3.63, 3.8) is 0 Å². The number of likely N-dealkylation sites (N-methyl/N-ethyl adjacent to an activating group) is 1. The number of carboxylic acids is 1. The van der Waals surface area contributed by atoms with Gasteiger partial charge in [-0.1, -0.05) is 29.4 Å². The van der Waals surface area contributed by atoms with Crippen LogP contribution in [0.5, 0.6) is 0 Å². The zero-order valence-corrected chi connectivity index (χ0v) is 8.97. The lowest BCUT2D eigenvalue weighted by Crippen LogP contribution is -2.29. The Morgan fingerprint density at radius 1 is 1.75 bits per heavy atom. The van der Waals surface area contributed by atoms with Gasteiger partial charge in [-0.3, -0.25) is 4.79 Å². The number of hydrogen-bond acceptors (Lipinski definition) is 2. The number of carboxylic acid groups (broad SMARTS) is 1. The fourth-order valence-corrected chi connectivity index (χ4v) is 1.33. The molecule has 0 bridgehead atoms. The Bertz CT molecular complexity index is 182. The largest absolute Gasteiger partial charge is 0.481 e. The summed E-state index contributed by atoms with van der Waals surface area (Å²) in [6, 6.07) is 0. The molecule has 1 N–H and O–H groups in total. The maximum Gasteiger partial charge on any atom is 0.307 e. The highest BCUT2D eigenvalue weighted by Gasteiger charge is 2.13. The van der Waals surface area contributed by atoms with Crippen molar-refractivity contribution in [2.75, 3.05) is 20.1 Å². The van der Waals surface area contributed by atoms with Gasteiger partial charge in [-0.25, -0.2) is 0 Å². The Labute approximate surface area is 81.2 Å². The molecule has 0 amide bonds. The zero-order valence-electron chi connectivity index (χ0n) is 7.38. The summed E-state index contributed by atoms with van der Waals surface area (Å²) in [5.74, 6) is -1.09. The molecule has 0 aliphatic rings. The molecule has 70 valence electrons. The van der Waals surface area contributed by atoms with E-state index in [1.165, 1.54) is 0 Å². The third-order valence-electron chi connectivity index (χ3n) is 1.45. The van der Waals surface area contributed by atoms with Crippen LogP contribution in [0.3, 0.4) is 0 Å². The van der Waals surface area contributed by atoms with Crippen molar-refractivity contribution in [3.8, 4) is 0 Å². The number of nitrogens with zero attached hydrogens (tertiary/aromatic N) is 1. The van der Waals surface area contributed by atoms with Crippen molar-refractivity contribution in [2.45, 2.75) is 6.92 Å². The van der Waals surface area contributed by atoms with E-state index in [9.17, 15) is 4.79 Å². The van der Waals surface area contributed by atoms with Gasteiger partial charge in [0.15, 0.2) is 0 Å². The molecule has 0 aliphatic heterocycles. The summed E-state index contributed by atoms with van der Waals surface area (Å²) < 4.78 is 0.864. The van der Waals surface area contributed by atoms with Gasteiger partial charge in [0, 0.05) is 17.6 Å². The topological polar surface area (TPSA) is 40.5 Å². The second kappa shape index (κ2) is 5.32. The van der Waals surface area contributed by atoms with Crippen molar-refractivity contribution in [1.82, 2.24) is 4.90 Å². The van der Waals surface area contributed by atoms with Gasteiger partial charge in [0.1, 0.15) is 0 Å². The molecule has 0 aliphatic carbocycles. The Kier molecular flexibility index (Phi) is 5.17. The lowest BCUT2D eigenvalue weighted by Gasteiger charge is -2.17. The number of hydrogen-bond donors (Lipinski definition) is 1. The van der Waals surface area contributed by atoms with Gasteiger partial charge in [0.25, 0.3) is 0 Å². The number of aliphatic carboxylic acids is 1. The fourth-order valence-electron chi connectivity index (χ4n) is 0.903. The summed E-state index contributed by atoms with van der Waals surface area (Å²) in [5, 5.41) is 8.60. The van der Waals surface area contributed by atoms with Crippen LogP contribution in [0.4, 0.5) is 0 Å². The van der Waals surface area contributed by atoms with Crippen LogP contribution < -0.4 is 0 Å². The average Bonchev–Trinajstić information content (AvgIpc) is 1.84. The highest BCUT2D eigenvalue weighted by atomic mass is 79.9. The van der Waals surface area contributed by atoms with Gasteiger partial charge in [0.05, 0.1) is 5.92 Å². The molecule has 0 spiro atoms. The van der Waals surface area contributed by atoms with Crippen LogP contribution in [0, 0.1) is 5.92 Å². The fraction of sp³-hybridized carbons (Fsp3) is 0.625. The monoisotopic (exact) mass is 235 g/mol. The van der Waals surface area contributed by atoms with E-state index in [1.54, 1.807) is 6.92 Å². The predicted octanol–water partition coefficient (Wildman–Crippen LogP) is 1.55. The SMILES string of the molecule is C=C(Br)CN(C)CC(C)C(=O)O. The maximum absolute atomic E-state index is 10.5.